The first-order valence-corrected chi connectivity index (χ1v) is 9.51. The number of benzene rings is 1. The summed E-state index contributed by atoms with van der Waals surface area (Å²) in [6.45, 7) is 3.42. The van der Waals surface area contributed by atoms with Crippen molar-refractivity contribution < 1.29 is 9.59 Å². The molecule has 1 saturated heterocycles. The van der Waals surface area contributed by atoms with Crippen LogP contribution in [0.3, 0.4) is 0 Å². The van der Waals surface area contributed by atoms with E-state index in [1.807, 2.05) is 23.1 Å². The standard InChI is InChI=1S/C20H29N3O2/c1-15(7-8-16-5-3-2-4-6-16)21-19(24)17-11-13-23(14-12-17)20(25)22-18-9-10-18/h2-6,15,17-18H,7-14H2,1H3,(H,21,24)(H,22,25). The van der Waals surface area contributed by atoms with Gasteiger partial charge in [0.25, 0.3) is 0 Å². The highest BCUT2D eigenvalue weighted by Gasteiger charge is 2.30. The zero-order chi connectivity index (χ0) is 17.6. The second-order valence-electron chi connectivity index (χ2n) is 7.42. The Morgan fingerprint density at radius 1 is 1.12 bits per heavy atom. The maximum Gasteiger partial charge on any atom is 0.317 e. The molecule has 3 amide bonds. The number of carbonyl (C=O) groups is 2. The molecule has 2 fully saturated rings. The lowest BCUT2D eigenvalue weighted by molar-refractivity contribution is -0.126. The van der Waals surface area contributed by atoms with Crippen LogP contribution in [0.15, 0.2) is 30.3 Å². The lowest BCUT2D eigenvalue weighted by atomic mass is 9.95. The number of amides is 3. The Balaban J connectivity index is 1.36. The molecule has 25 heavy (non-hydrogen) atoms. The van der Waals surface area contributed by atoms with Crippen molar-refractivity contribution in [2.24, 2.45) is 5.92 Å². The SMILES string of the molecule is CC(CCc1ccccc1)NC(=O)C1CCN(C(=O)NC2CC2)CC1. The summed E-state index contributed by atoms with van der Waals surface area (Å²) in [4.78, 5) is 26.3. The maximum atomic E-state index is 12.5. The summed E-state index contributed by atoms with van der Waals surface area (Å²) < 4.78 is 0. The van der Waals surface area contributed by atoms with Gasteiger partial charge in [0, 0.05) is 31.1 Å². The summed E-state index contributed by atoms with van der Waals surface area (Å²) in [6, 6.07) is 11.0. The van der Waals surface area contributed by atoms with Crippen LogP contribution < -0.4 is 10.6 Å². The number of nitrogens with one attached hydrogen (secondary N) is 2. The highest BCUT2D eigenvalue weighted by atomic mass is 16.2. The zero-order valence-electron chi connectivity index (χ0n) is 15.0. The van der Waals surface area contributed by atoms with Gasteiger partial charge >= 0.3 is 6.03 Å². The van der Waals surface area contributed by atoms with Gasteiger partial charge in [-0.1, -0.05) is 30.3 Å². The molecule has 1 aromatic rings. The number of carbonyl (C=O) groups excluding carboxylic acids is 2. The second kappa shape index (κ2) is 8.37. The van der Waals surface area contributed by atoms with Crippen molar-refractivity contribution >= 4 is 11.9 Å². The average Bonchev–Trinajstić information content (AvgIpc) is 3.45. The van der Waals surface area contributed by atoms with Crippen LogP contribution in [0.1, 0.15) is 44.6 Å². The third-order valence-electron chi connectivity index (χ3n) is 5.16. The zero-order valence-corrected chi connectivity index (χ0v) is 15.0. The van der Waals surface area contributed by atoms with Gasteiger partial charge in [0.1, 0.15) is 0 Å². The molecule has 1 aliphatic carbocycles. The molecule has 136 valence electrons. The molecule has 2 aliphatic rings. The van der Waals surface area contributed by atoms with Gasteiger partial charge < -0.3 is 15.5 Å². The van der Waals surface area contributed by atoms with Crippen molar-refractivity contribution in [1.82, 2.24) is 15.5 Å². The third-order valence-corrected chi connectivity index (χ3v) is 5.16. The molecular weight excluding hydrogens is 314 g/mol. The molecule has 1 aliphatic heterocycles. The predicted octanol–water partition coefficient (Wildman–Crippen LogP) is 2.71. The molecule has 1 unspecified atom stereocenters. The Kier molecular flexibility index (Phi) is 5.95. The number of urea groups is 1. The summed E-state index contributed by atoms with van der Waals surface area (Å²) in [5.41, 5.74) is 1.30. The summed E-state index contributed by atoms with van der Waals surface area (Å²) in [6.07, 6.45) is 5.64. The van der Waals surface area contributed by atoms with E-state index < -0.39 is 0 Å². The van der Waals surface area contributed by atoms with Gasteiger partial charge in [0.15, 0.2) is 0 Å². The van der Waals surface area contributed by atoms with Crippen molar-refractivity contribution in [3.8, 4) is 0 Å². The fourth-order valence-electron chi connectivity index (χ4n) is 3.30. The van der Waals surface area contributed by atoms with E-state index in [-0.39, 0.29) is 23.9 Å². The van der Waals surface area contributed by atoms with Crippen molar-refractivity contribution in [2.45, 2.75) is 57.5 Å². The summed E-state index contributed by atoms with van der Waals surface area (Å²) in [5.74, 6) is 0.173. The van der Waals surface area contributed by atoms with E-state index in [1.54, 1.807) is 0 Å². The number of hydrogen-bond donors (Lipinski definition) is 2. The number of aryl methyl sites for hydroxylation is 1. The van der Waals surface area contributed by atoms with Crippen LogP contribution in [0.25, 0.3) is 0 Å². The van der Waals surface area contributed by atoms with Crippen LogP contribution in [0.4, 0.5) is 4.79 Å². The Bertz CT molecular complexity index is 578. The number of likely N-dealkylation sites (tertiary alicyclic amines) is 1. The van der Waals surface area contributed by atoms with Gasteiger partial charge in [-0.2, -0.15) is 0 Å². The van der Waals surface area contributed by atoms with Gasteiger partial charge in [-0.15, -0.1) is 0 Å². The molecule has 5 nitrogen and oxygen atoms in total. The van der Waals surface area contributed by atoms with E-state index in [4.69, 9.17) is 0 Å². The average molecular weight is 343 g/mol. The highest BCUT2D eigenvalue weighted by molar-refractivity contribution is 5.80. The fourth-order valence-corrected chi connectivity index (χ4v) is 3.30. The molecule has 2 N–H and O–H groups in total. The van der Waals surface area contributed by atoms with E-state index in [1.165, 1.54) is 5.56 Å². The molecule has 0 radical (unpaired) electrons. The van der Waals surface area contributed by atoms with Crippen LogP contribution in [0, 0.1) is 5.92 Å². The summed E-state index contributed by atoms with van der Waals surface area (Å²) in [7, 11) is 0. The number of nitrogens with zero attached hydrogens (tertiary/aromatic N) is 1. The molecule has 3 rings (SSSR count). The molecular formula is C20H29N3O2. The smallest absolute Gasteiger partial charge is 0.317 e. The number of hydrogen-bond acceptors (Lipinski definition) is 2. The van der Waals surface area contributed by atoms with E-state index in [9.17, 15) is 9.59 Å². The largest absolute Gasteiger partial charge is 0.353 e. The van der Waals surface area contributed by atoms with Crippen LogP contribution in [0.5, 0.6) is 0 Å². The lowest BCUT2D eigenvalue weighted by Gasteiger charge is -2.32. The molecule has 0 bridgehead atoms. The minimum Gasteiger partial charge on any atom is -0.353 e. The third kappa shape index (κ3) is 5.48. The quantitative estimate of drug-likeness (QED) is 0.834. The summed E-state index contributed by atoms with van der Waals surface area (Å²) in [5, 5.41) is 6.17. The first kappa shape index (κ1) is 17.8. The highest BCUT2D eigenvalue weighted by Crippen LogP contribution is 2.21. The van der Waals surface area contributed by atoms with Crippen molar-refractivity contribution in [2.75, 3.05) is 13.1 Å². The Morgan fingerprint density at radius 2 is 1.80 bits per heavy atom. The van der Waals surface area contributed by atoms with E-state index >= 15 is 0 Å². The predicted molar refractivity (Wildman–Crippen MR) is 98.2 cm³/mol. The van der Waals surface area contributed by atoms with E-state index in [0.29, 0.717) is 19.1 Å². The normalized spacial score (nSPS) is 19.3. The molecule has 1 aromatic carbocycles. The van der Waals surface area contributed by atoms with Gasteiger partial charge in [-0.25, -0.2) is 4.79 Å². The van der Waals surface area contributed by atoms with Gasteiger partial charge in [0.2, 0.25) is 5.91 Å². The van der Waals surface area contributed by atoms with Crippen LogP contribution >= 0.6 is 0 Å². The van der Waals surface area contributed by atoms with Gasteiger partial charge in [-0.05, 0) is 51.0 Å². The topological polar surface area (TPSA) is 61.4 Å². The molecule has 1 heterocycles. The van der Waals surface area contributed by atoms with Crippen molar-refractivity contribution in [1.29, 1.82) is 0 Å². The first-order chi connectivity index (χ1) is 12.1. The van der Waals surface area contributed by atoms with Crippen LogP contribution in [0.2, 0.25) is 0 Å². The second-order valence-corrected chi connectivity index (χ2v) is 7.42. The lowest BCUT2D eigenvalue weighted by Crippen LogP contribution is -2.48. The minimum absolute atomic E-state index is 0.0316. The Hall–Kier alpha value is -2.04. The molecule has 0 aromatic heterocycles. The minimum atomic E-state index is 0.0316. The monoisotopic (exact) mass is 343 g/mol. The van der Waals surface area contributed by atoms with Crippen LogP contribution in [-0.2, 0) is 11.2 Å². The Labute approximate surface area is 150 Å². The molecule has 5 heteroatoms. The first-order valence-electron chi connectivity index (χ1n) is 9.51. The number of piperidine rings is 1. The van der Waals surface area contributed by atoms with Crippen molar-refractivity contribution in [3.05, 3.63) is 35.9 Å². The fraction of sp³-hybridized carbons (Fsp3) is 0.600. The van der Waals surface area contributed by atoms with Gasteiger partial charge in [0.05, 0.1) is 0 Å². The maximum absolute atomic E-state index is 12.5. The summed E-state index contributed by atoms with van der Waals surface area (Å²) >= 11 is 0. The van der Waals surface area contributed by atoms with Crippen LogP contribution in [-0.4, -0.2) is 42.0 Å². The molecule has 1 atom stereocenters. The Morgan fingerprint density at radius 3 is 2.44 bits per heavy atom. The van der Waals surface area contributed by atoms with Crippen molar-refractivity contribution in [3.63, 3.8) is 0 Å². The van der Waals surface area contributed by atoms with E-state index in [0.717, 1.165) is 38.5 Å². The van der Waals surface area contributed by atoms with Gasteiger partial charge in [-0.3, -0.25) is 4.79 Å². The molecule has 1 saturated carbocycles. The van der Waals surface area contributed by atoms with E-state index in [2.05, 4.69) is 29.7 Å². The molecule has 0 spiro atoms. The number of rotatable bonds is 6.